The lowest BCUT2D eigenvalue weighted by Crippen LogP contribution is -2.48. The summed E-state index contributed by atoms with van der Waals surface area (Å²) >= 11 is 1.63. The average molecular weight is 357 g/mol. The molecule has 1 fully saturated rings. The second kappa shape index (κ2) is 6.85. The number of hydrogen-bond donors (Lipinski definition) is 0. The lowest BCUT2D eigenvalue weighted by molar-refractivity contribution is 0.0596. The van der Waals surface area contributed by atoms with E-state index in [1.165, 1.54) is 6.26 Å². The molecule has 0 N–H and O–H groups in total. The smallest absolute Gasteiger partial charge is 0.289 e. The molecule has 0 radical (unpaired) electrons. The van der Waals surface area contributed by atoms with E-state index in [1.54, 1.807) is 23.5 Å². The number of rotatable bonds is 4. The predicted octanol–water partition coefficient (Wildman–Crippen LogP) is 3.26. The molecule has 1 aliphatic heterocycles. The highest BCUT2D eigenvalue weighted by atomic mass is 32.1. The molecule has 3 aromatic rings. The van der Waals surface area contributed by atoms with Gasteiger partial charge in [-0.25, -0.2) is 4.98 Å². The number of hydrogen-bond acceptors (Lipinski definition) is 6. The van der Waals surface area contributed by atoms with Crippen molar-refractivity contribution in [3.8, 4) is 11.5 Å². The number of thiophene rings is 1. The zero-order chi connectivity index (χ0) is 17.2. The van der Waals surface area contributed by atoms with Crippen molar-refractivity contribution in [2.45, 2.75) is 13.5 Å². The van der Waals surface area contributed by atoms with Crippen LogP contribution in [0.5, 0.6) is 0 Å². The molecule has 0 spiro atoms. The summed E-state index contributed by atoms with van der Waals surface area (Å²) in [5, 5.41) is 4.05. The van der Waals surface area contributed by atoms with E-state index >= 15 is 0 Å². The van der Waals surface area contributed by atoms with Crippen LogP contribution in [-0.2, 0) is 6.54 Å². The minimum absolute atomic E-state index is 0.0398. The molecular formula is C18H19N3O3S. The van der Waals surface area contributed by atoms with E-state index < -0.39 is 0 Å². The van der Waals surface area contributed by atoms with Crippen LogP contribution in [-0.4, -0.2) is 46.9 Å². The number of oxazole rings is 1. The number of amides is 1. The van der Waals surface area contributed by atoms with Crippen molar-refractivity contribution in [1.29, 1.82) is 0 Å². The van der Waals surface area contributed by atoms with Gasteiger partial charge in [0.2, 0.25) is 5.89 Å². The normalized spacial score (nSPS) is 15.6. The van der Waals surface area contributed by atoms with E-state index in [-0.39, 0.29) is 5.91 Å². The van der Waals surface area contributed by atoms with Gasteiger partial charge < -0.3 is 13.7 Å². The van der Waals surface area contributed by atoms with Crippen molar-refractivity contribution in [2.24, 2.45) is 0 Å². The quantitative estimate of drug-likeness (QED) is 0.717. The number of carbonyl (C=O) groups excluding carboxylic acids is 1. The van der Waals surface area contributed by atoms with Gasteiger partial charge in [0.15, 0.2) is 5.76 Å². The highest BCUT2D eigenvalue weighted by Gasteiger charge is 2.24. The second-order valence-corrected chi connectivity index (χ2v) is 6.86. The Balaban J connectivity index is 1.37. The third-order valence-electron chi connectivity index (χ3n) is 4.43. The first-order valence-corrected chi connectivity index (χ1v) is 9.19. The maximum atomic E-state index is 12.3. The van der Waals surface area contributed by atoms with Crippen molar-refractivity contribution in [3.05, 3.63) is 52.4 Å². The van der Waals surface area contributed by atoms with E-state index in [9.17, 15) is 4.79 Å². The first-order valence-electron chi connectivity index (χ1n) is 8.25. The molecule has 6 nitrogen and oxygen atoms in total. The summed E-state index contributed by atoms with van der Waals surface area (Å²) in [6.45, 7) is 5.69. The number of aryl methyl sites for hydroxylation is 1. The largest absolute Gasteiger partial charge is 0.459 e. The zero-order valence-electron chi connectivity index (χ0n) is 14.0. The maximum absolute atomic E-state index is 12.3. The topological polar surface area (TPSA) is 62.7 Å². The molecule has 1 amide bonds. The van der Waals surface area contributed by atoms with Crippen molar-refractivity contribution in [3.63, 3.8) is 0 Å². The molecule has 25 heavy (non-hydrogen) atoms. The SMILES string of the molecule is Cc1oc(-c2ccsc2)nc1CN1CCN(C(=O)c2ccco2)CC1. The predicted molar refractivity (Wildman–Crippen MR) is 94.4 cm³/mol. The first-order chi connectivity index (χ1) is 12.2. The molecule has 0 saturated carbocycles. The Morgan fingerprint density at radius 2 is 2.12 bits per heavy atom. The molecule has 4 heterocycles. The van der Waals surface area contributed by atoms with Gasteiger partial charge in [0.1, 0.15) is 5.76 Å². The molecule has 1 saturated heterocycles. The van der Waals surface area contributed by atoms with Gasteiger partial charge in [-0.15, -0.1) is 0 Å². The van der Waals surface area contributed by atoms with Gasteiger partial charge in [-0.2, -0.15) is 11.3 Å². The summed E-state index contributed by atoms with van der Waals surface area (Å²) in [7, 11) is 0. The van der Waals surface area contributed by atoms with Crippen LogP contribution in [0.15, 0.2) is 44.1 Å². The fourth-order valence-corrected chi connectivity index (χ4v) is 3.59. The highest BCUT2D eigenvalue weighted by molar-refractivity contribution is 7.08. The minimum Gasteiger partial charge on any atom is -0.459 e. The molecule has 0 aromatic carbocycles. The van der Waals surface area contributed by atoms with Crippen LogP contribution >= 0.6 is 11.3 Å². The number of furan rings is 1. The number of carbonyl (C=O) groups is 1. The summed E-state index contributed by atoms with van der Waals surface area (Å²) < 4.78 is 11.0. The van der Waals surface area contributed by atoms with Crippen LogP contribution in [0.25, 0.3) is 11.5 Å². The summed E-state index contributed by atoms with van der Waals surface area (Å²) in [5.41, 5.74) is 1.99. The molecule has 7 heteroatoms. The fourth-order valence-electron chi connectivity index (χ4n) is 2.96. The summed E-state index contributed by atoms with van der Waals surface area (Å²) in [4.78, 5) is 21.1. The first kappa shape index (κ1) is 16.1. The zero-order valence-corrected chi connectivity index (χ0v) is 14.8. The van der Waals surface area contributed by atoms with Gasteiger partial charge >= 0.3 is 0 Å². The highest BCUT2D eigenvalue weighted by Crippen LogP contribution is 2.24. The van der Waals surface area contributed by atoms with Crippen LogP contribution in [0.4, 0.5) is 0 Å². The Kier molecular flexibility index (Phi) is 4.42. The standard InChI is InChI=1S/C18H19N3O3S/c1-13-15(19-17(24-13)14-4-10-25-12-14)11-20-5-7-21(8-6-20)18(22)16-3-2-9-23-16/h2-4,9-10,12H,5-8,11H2,1H3. The number of piperazine rings is 1. The molecule has 0 atom stereocenters. The number of nitrogens with zero attached hydrogens (tertiary/aromatic N) is 3. The average Bonchev–Trinajstić information content (AvgIpc) is 3.38. The van der Waals surface area contributed by atoms with Gasteiger partial charge in [-0.3, -0.25) is 9.69 Å². The van der Waals surface area contributed by atoms with Crippen LogP contribution < -0.4 is 0 Å². The Bertz CT molecular complexity index is 831. The Hall–Kier alpha value is -2.38. The molecular weight excluding hydrogens is 338 g/mol. The van der Waals surface area contributed by atoms with Gasteiger partial charge in [0, 0.05) is 43.7 Å². The van der Waals surface area contributed by atoms with Crippen LogP contribution in [0, 0.1) is 6.92 Å². The monoisotopic (exact) mass is 357 g/mol. The van der Waals surface area contributed by atoms with E-state index in [0.717, 1.165) is 36.7 Å². The molecule has 0 unspecified atom stereocenters. The molecule has 0 bridgehead atoms. The third kappa shape index (κ3) is 3.38. The Labute approximate surface area is 149 Å². The molecule has 3 aromatic heterocycles. The van der Waals surface area contributed by atoms with Crippen LogP contribution in [0.2, 0.25) is 0 Å². The maximum Gasteiger partial charge on any atom is 0.289 e. The van der Waals surface area contributed by atoms with Gasteiger partial charge in [-0.1, -0.05) is 0 Å². The molecule has 130 valence electrons. The van der Waals surface area contributed by atoms with Crippen molar-refractivity contribution >= 4 is 17.2 Å². The van der Waals surface area contributed by atoms with Crippen molar-refractivity contribution in [1.82, 2.24) is 14.8 Å². The molecule has 1 aliphatic rings. The van der Waals surface area contributed by atoms with E-state index in [1.807, 2.05) is 28.7 Å². The van der Waals surface area contributed by atoms with Gasteiger partial charge in [0.25, 0.3) is 5.91 Å². The Morgan fingerprint density at radius 3 is 2.80 bits per heavy atom. The lowest BCUT2D eigenvalue weighted by Gasteiger charge is -2.33. The van der Waals surface area contributed by atoms with Gasteiger partial charge in [0.05, 0.1) is 12.0 Å². The van der Waals surface area contributed by atoms with Crippen molar-refractivity contribution < 1.29 is 13.6 Å². The summed E-state index contributed by atoms with van der Waals surface area (Å²) in [6.07, 6.45) is 1.53. The third-order valence-corrected chi connectivity index (χ3v) is 5.11. The molecule has 4 rings (SSSR count). The lowest BCUT2D eigenvalue weighted by atomic mass is 10.2. The fraction of sp³-hybridized carbons (Fsp3) is 0.333. The van der Waals surface area contributed by atoms with Crippen molar-refractivity contribution in [2.75, 3.05) is 26.2 Å². The summed E-state index contributed by atoms with van der Waals surface area (Å²) in [5.74, 6) is 1.90. The van der Waals surface area contributed by atoms with Crippen LogP contribution in [0.1, 0.15) is 22.0 Å². The van der Waals surface area contributed by atoms with E-state index in [0.29, 0.717) is 24.7 Å². The molecule has 0 aliphatic carbocycles. The van der Waals surface area contributed by atoms with E-state index in [2.05, 4.69) is 9.88 Å². The summed E-state index contributed by atoms with van der Waals surface area (Å²) in [6, 6.07) is 5.46. The van der Waals surface area contributed by atoms with Crippen LogP contribution in [0.3, 0.4) is 0 Å². The minimum atomic E-state index is -0.0398. The van der Waals surface area contributed by atoms with E-state index in [4.69, 9.17) is 8.83 Å². The number of aromatic nitrogens is 1. The second-order valence-electron chi connectivity index (χ2n) is 6.08. The Morgan fingerprint density at radius 1 is 1.28 bits per heavy atom. The van der Waals surface area contributed by atoms with Gasteiger partial charge in [-0.05, 0) is 30.5 Å².